The molecule has 168 valence electrons. The van der Waals surface area contributed by atoms with Crippen LogP contribution < -0.4 is 20.4 Å². The van der Waals surface area contributed by atoms with Crippen molar-refractivity contribution in [1.82, 2.24) is 5.32 Å². The molecule has 4 N–H and O–H groups in total. The van der Waals surface area contributed by atoms with E-state index in [4.69, 9.17) is 0 Å². The van der Waals surface area contributed by atoms with Crippen LogP contribution in [0.2, 0.25) is 0 Å². The van der Waals surface area contributed by atoms with Gasteiger partial charge < -0.3 is 20.4 Å². The first-order chi connectivity index (χ1) is 14.0. The zero-order chi connectivity index (χ0) is 22.4. The van der Waals surface area contributed by atoms with Gasteiger partial charge in [-0.25, -0.2) is 0 Å². The fraction of sp³-hybridized carbons (Fsp3) is 0.667. The van der Waals surface area contributed by atoms with Crippen LogP contribution in [-0.4, -0.2) is 56.6 Å². The maximum absolute atomic E-state index is 12.5. The highest BCUT2D eigenvalue weighted by atomic mass is 16.2. The van der Waals surface area contributed by atoms with E-state index in [1.165, 1.54) is 9.80 Å². The van der Waals surface area contributed by atoms with Gasteiger partial charge in [0.2, 0.25) is 0 Å². The van der Waals surface area contributed by atoms with Crippen LogP contribution in [0, 0.1) is 5.41 Å². The summed E-state index contributed by atoms with van der Waals surface area (Å²) < 4.78 is 0. The van der Waals surface area contributed by atoms with Gasteiger partial charge in [0.25, 0.3) is 11.8 Å². The van der Waals surface area contributed by atoms with Gasteiger partial charge in [-0.3, -0.25) is 9.59 Å². The topological polar surface area (TPSA) is 67.1 Å². The summed E-state index contributed by atoms with van der Waals surface area (Å²) in [5.41, 5.74) is 2.06. The van der Waals surface area contributed by atoms with Crippen LogP contribution in [0.3, 0.4) is 0 Å². The van der Waals surface area contributed by atoms with Gasteiger partial charge in [-0.05, 0) is 43.7 Å². The van der Waals surface area contributed by atoms with E-state index >= 15 is 0 Å². The molecule has 0 atom stereocenters. The fourth-order valence-electron chi connectivity index (χ4n) is 4.70. The molecule has 0 unspecified atom stereocenters. The van der Waals surface area contributed by atoms with Crippen LogP contribution in [-0.2, 0) is 16.0 Å². The van der Waals surface area contributed by atoms with Crippen molar-refractivity contribution in [2.24, 2.45) is 5.41 Å². The van der Waals surface area contributed by atoms with E-state index in [0.717, 1.165) is 50.3 Å². The lowest BCUT2D eigenvalue weighted by molar-refractivity contribution is -1.00. The summed E-state index contributed by atoms with van der Waals surface area (Å²) in [4.78, 5) is 27.6. The number of carbonyl (C=O) groups excluding carboxylic acids is 2. The number of para-hydroxylation sites is 1. The average molecular weight is 419 g/mol. The summed E-state index contributed by atoms with van der Waals surface area (Å²) in [5.74, 6) is 0.188. The first kappa shape index (κ1) is 24.4. The van der Waals surface area contributed by atoms with Gasteiger partial charge >= 0.3 is 0 Å². The van der Waals surface area contributed by atoms with Crippen molar-refractivity contribution in [3.05, 3.63) is 29.8 Å². The molecule has 6 heteroatoms. The molecule has 1 aromatic carbocycles. The number of carbonyl (C=O) groups is 2. The van der Waals surface area contributed by atoms with Crippen LogP contribution in [0.15, 0.2) is 24.3 Å². The Morgan fingerprint density at radius 1 is 0.900 bits per heavy atom. The molecular formula is C24H42N4O2+2. The second kappa shape index (κ2) is 10.4. The molecule has 6 nitrogen and oxygen atoms in total. The number of hydrogen-bond acceptors (Lipinski definition) is 2. The highest BCUT2D eigenvalue weighted by molar-refractivity contribution is 5.92. The van der Waals surface area contributed by atoms with E-state index in [9.17, 15) is 9.59 Å². The van der Waals surface area contributed by atoms with E-state index in [1.807, 2.05) is 18.2 Å². The van der Waals surface area contributed by atoms with Gasteiger partial charge in [-0.15, -0.1) is 0 Å². The first-order valence-electron chi connectivity index (χ1n) is 11.3. The Kier molecular flexibility index (Phi) is 8.44. The normalized spacial score (nSPS) is 19.9. The summed E-state index contributed by atoms with van der Waals surface area (Å²) in [6.45, 7) is 17.6. The van der Waals surface area contributed by atoms with E-state index in [1.54, 1.807) is 0 Å². The lowest BCUT2D eigenvalue weighted by Gasteiger charge is -2.34. The van der Waals surface area contributed by atoms with Crippen molar-refractivity contribution in [1.29, 1.82) is 0 Å². The van der Waals surface area contributed by atoms with Gasteiger partial charge in [0.15, 0.2) is 13.1 Å². The Labute approximate surface area is 182 Å². The second-order valence-electron chi connectivity index (χ2n) is 10.6. The zero-order valence-electron chi connectivity index (χ0n) is 19.8. The fourth-order valence-corrected chi connectivity index (χ4v) is 4.70. The lowest BCUT2D eigenvalue weighted by atomic mass is 9.82. The summed E-state index contributed by atoms with van der Waals surface area (Å²) in [6, 6.07) is 7.98. The van der Waals surface area contributed by atoms with E-state index in [0.29, 0.717) is 13.1 Å². The predicted molar refractivity (Wildman–Crippen MR) is 122 cm³/mol. The highest BCUT2D eigenvalue weighted by Gasteiger charge is 2.30. The van der Waals surface area contributed by atoms with E-state index in [2.05, 4.69) is 58.2 Å². The molecule has 1 fully saturated rings. The van der Waals surface area contributed by atoms with E-state index in [-0.39, 0.29) is 22.8 Å². The molecule has 2 amide bonds. The molecule has 0 spiro atoms. The lowest BCUT2D eigenvalue weighted by Crippen LogP contribution is -3.28. The minimum Gasteiger partial charge on any atom is -0.346 e. The largest absolute Gasteiger partial charge is 0.346 e. The highest BCUT2D eigenvalue weighted by Crippen LogP contribution is 2.26. The average Bonchev–Trinajstić information content (AvgIpc) is 2.61. The Morgan fingerprint density at radius 2 is 1.43 bits per heavy atom. The second-order valence-corrected chi connectivity index (χ2v) is 10.6. The standard InChI is InChI=1S/C24H40N4O2/c1-7-19-10-8-9-11-20(19)25-21(29)16-27-12-14-28(15-13-27)17-22(30)26-24(5,6)18-23(2,3)4/h8-11H,7,12-18H2,1-6H3,(H,25,29)(H,26,30)/p+2. The van der Waals surface area contributed by atoms with Gasteiger partial charge in [0.1, 0.15) is 26.2 Å². The number of amides is 2. The number of nitrogens with one attached hydrogen (secondary N) is 4. The van der Waals surface area contributed by atoms with Gasteiger partial charge in [-0.1, -0.05) is 45.9 Å². The number of anilines is 1. The quantitative estimate of drug-likeness (QED) is 0.491. The smallest absolute Gasteiger partial charge is 0.279 e. The number of hydrogen-bond donors (Lipinski definition) is 4. The molecule has 1 aliphatic heterocycles. The SMILES string of the molecule is CCc1ccccc1NC(=O)C[NH+]1CC[NH+](CC(=O)NC(C)(C)CC(C)(C)C)CC1. The summed E-state index contributed by atoms with van der Waals surface area (Å²) in [5, 5.41) is 6.28. The Bertz CT molecular complexity index is 716. The van der Waals surface area contributed by atoms with Gasteiger partial charge in [0, 0.05) is 11.2 Å². The van der Waals surface area contributed by atoms with E-state index < -0.39 is 0 Å². The van der Waals surface area contributed by atoms with Crippen molar-refractivity contribution < 1.29 is 19.4 Å². The molecule has 0 aliphatic carbocycles. The molecule has 1 saturated heterocycles. The summed E-state index contributed by atoms with van der Waals surface area (Å²) in [6.07, 6.45) is 1.84. The maximum Gasteiger partial charge on any atom is 0.279 e. The third-order valence-electron chi connectivity index (χ3n) is 5.61. The van der Waals surface area contributed by atoms with Crippen LogP contribution >= 0.6 is 0 Å². The van der Waals surface area contributed by atoms with Crippen LogP contribution in [0.5, 0.6) is 0 Å². The Morgan fingerprint density at radius 3 is 1.97 bits per heavy atom. The van der Waals surface area contributed by atoms with Gasteiger partial charge in [-0.2, -0.15) is 0 Å². The van der Waals surface area contributed by atoms with Crippen molar-refractivity contribution in [3.63, 3.8) is 0 Å². The molecule has 0 radical (unpaired) electrons. The number of rotatable bonds is 8. The predicted octanol–water partition coefficient (Wildman–Crippen LogP) is 0.302. The number of benzene rings is 1. The third-order valence-corrected chi connectivity index (χ3v) is 5.61. The van der Waals surface area contributed by atoms with Crippen molar-refractivity contribution in [2.75, 3.05) is 44.6 Å². The zero-order valence-corrected chi connectivity index (χ0v) is 19.8. The van der Waals surface area contributed by atoms with Crippen molar-refractivity contribution in [2.45, 2.75) is 59.9 Å². The van der Waals surface area contributed by atoms with Crippen molar-refractivity contribution in [3.8, 4) is 0 Å². The molecule has 1 aliphatic rings. The number of piperazine rings is 1. The van der Waals surface area contributed by atoms with Crippen LogP contribution in [0.4, 0.5) is 5.69 Å². The first-order valence-corrected chi connectivity index (χ1v) is 11.3. The maximum atomic E-state index is 12.5. The minimum atomic E-state index is -0.200. The number of quaternary nitrogens is 2. The molecule has 1 heterocycles. The number of aryl methyl sites for hydroxylation is 1. The molecule has 0 aromatic heterocycles. The Hall–Kier alpha value is -1.92. The summed E-state index contributed by atoms with van der Waals surface area (Å²) in [7, 11) is 0. The minimum absolute atomic E-state index is 0.0658. The summed E-state index contributed by atoms with van der Waals surface area (Å²) >= 11 is 0. The Balaban J connectivity index is 1.74. The van der Waals surface area contributed by atoms with Gasteiger partial charge in [0.05, 0.1) is 0 Å². The molecule has 2 rings (SSSR count). The third kappa shape index (κ3) is 8.44. The van der Waals surface area contributed by atoms with Crippen LogP contribution in [0.1, 0.15) is 53.5 Å². The van der Waals surface area contributed by atoms with Crippen LogP contribution in [0.25, 0.3) is 0 Å². The molecule has 30 heavy (non-hydrogen) atoms. The monoisotopic (exact) mass is 418 g/mol. The van der Waals surface area contributed by atoms with Crippen molar-refractivity contribution >= 4 is 17.5 Å². The molecular weight excluding hydrogens is 376 g/mol. The molecule has 0 bridgehead atoms. The molecule has 0 saturated carbocycles. The molecule has 1 aromatic rings.